The quantitative estimate of drug-likeness (QED) is 0.939. The summed E-state index contributed by atoms with van der Waals surface area (Å²) in [5, 5.41) is 4.68. The summed E-state index contributed by atoms with van der Waals surface area (Å²) >= 11 is 1.77. The maximum absolute atomic E-state index is 4.58. The number of hydrogen-bond donors (Lipinski definition) is 1. The van der Waals surface area contributed by atoms with Crippen LogP contribution in [0.1, 0.15) is 39.8 Å². The van der Waals surface area contributed by atoms with Gasteiger partial charge in [-0.2, -0.15) is 0 Å². The molecule has 106 valence electrons. The van der Waals surface area contributed by atoms with Crippen LogP contribution in [0.4, 0.5) is 5.82 Å². The zero-order valence-electron chi connectivity index (χ0n) is 12.1. The van der Waals surface area contributed by atoms with Crippen molar-refractivity contribution >= 4 is 17.2 Å². The standard InChI is InChI=1S/C15H20N4S/c1-10-9-17-14(20-10)7-8-16-15-12-5-3-4-6-13(12)18-11(2)19-15/h9H,3-8H2,1-2H3,(H,16,18,19). The summed E-state index contributed by atoms with van der Waals surface area (Å²) in [6.45, 7) is 4.96. The van der Waals surface area contributed by atoms with E-state index in [1.165, 1.54) is 34.0 Å². The second kappa shape index (κ2) is 5.87. The number of fused-ring (bicyclic) bond motifs is 1. The number of nitrogens with zero attached hydrogens (tertiary/aromatic N) is 3. The lowest BCUT2D eigenvalue weighted by atomic mass is 9.96. The van der Waals surface area contributed by atoms with Crippen LogP contribution in [0.5, 0.6) is 0 Å². The highest BCUT2D eigenvalue weighted by Crippen LogP contribution is 2.25. The van der Waals surface area contributed by atoms with Crippen molar-refractivity contribution in [3.63, 3.8) is 0 Å². The van der Waals surface area contributed by atoms with Gasteiger partial charge in [0.25, 0.3) is 0 Å². The third kappa shape index (κ3) is 2.98. The van der Waals surface area contributed by atoms with Crippen molar-refractivity contribution in [2.24, 2.45) is 0 Å². The Morgan fingerprint density at radius 1 is 1.20 bits per heavy atom. The van der Waals surface area contributed by atoms with Crippen LogP contribution in [0.15, 0.2) is 6.20 Å². The smallest absolute Gasteiger partial charge is 0.133 e. The van der Waals surface area contributed by atoms with Gasteiger partial charge in [-0.25, -0.2) is 15.0 Å². The molecule has 0 amide bonds. The molecule has 0 saturated carbocycles. The molecule has 0 aliphatic heterocycles. The van der Waals surface area contributed by atoms with Gasteiger partial charge in [0.2, 0.25) is 0 Å². The summed E-state index contributed by atoms with van der Waals surface area (Å²) in [6.07, 6.45) is 7.60. The normalized spacial score (nSPS) is 14.1. The molecule has 2 aromatic heterocycles. The third-order valence-corrected chi connectivity index (χ3v) is 4.57. The fourth-order valence-electron chi connectivity index (χ4n) is 2.67. The minimum absolute atomic E-state index is 0.873. The second-order valence-corrected chi connectivity index (χ2v) is 6.61. The predicted octanol–water partition coefficient (Wildman–Crippen LogP) is 3.08. The number of rotatable bonds is 4. The number of thiazole rings is 1. The van der Waals surface area contributed by atoms with E-state index in [1.807, 2.05) is 13.1 Å². The van der Waals surface area contributed by atoms with Gasteiger partial charge in [0.1, 0.15) is 11.6 Å². The van der Waals surface area contributed by atoms with Crippen molar-refractivity contribution in [1.82, 2.24) is 15.0 Å². The van der Waals surface area contributed by atoms with Crippen LogP contribution in [0.3, 0.4) is 0 Å². The summed E-state index contributed by atoms with van der Waals surface area (Å²) < 4.78 is 0. The Hall–Kier alpha value is -1.49. The van der Waals surface area contributed by atoms with Gasteiger partial charge < -0.3 is 5.32 Å². The Morgan fingerprint density at radius 3 is 2.85 bits per heavy atom. The molecule has 2 heterocycles. The number of aryl methyl sites for hydroxylation is 3. The van der Waals surface area contributed by atoms with Gasteiger partial charge in [0.15, 0.2) is 0 Å². The molecular formula is C15H20N4S. The first kappa shape index (κ1) is 13.5. The molecule has 2 aromatic rings. The average molecular weight is 288 g/mol. The van der Waals surface area contributed by atoms with E-state index in [1.54, 1.807) is 11.3 Å². The molecule has 5 heteroatoms. The van der Waals surface area contributed by atoms with E-state index in [2.05, 4.69) is 27.2 Å². The van der Waals surface area contributed by atoms with Gasteiger partial charge in [-0.15, -0.1) is 11.3 Å². The van der Waals surface area contributed by atoms with Crippen LogP contribution in [0, 0.1) is 13.8 Å². The molecule has 1 aliphatic carbocycles. The summed E-state index contributed by atoms with van der Waals surface area (Å²) in [4.78, 5) is 14.8. The monoisotopic (exact) mass is 288 g/mol. The van der Waals surface area contributed by atoms with E-state index in [-0.39, 0.29) is 0 Å². The Kier molecular flexibility index (Phi) is 3.96. The SMILES string of the molecule is Cc1nc2c(c(NCCc3ncc(C)s3)n1)CCCC2. The average Bonchev–Trinajstić information content (AvgIpc) is 2.84. The molecule has 3 rings (SSSR count). The van der Waals surface area contributed by atoms with E-state index in [0.717, 1.165) is 37.4 Å². The van der Waals surface area contributed by atoms with Crippen LogP contribution in [-0.4, -0.2) is 21.5 Å². The van der Waals surface area contributed by atoms with Crippen molar-refractivity contribution < 1.29 is 0 Å². The van der Waals surface area contributed by atoms with Gasteiger partial charge in [-0.05, 0) is 39.5 Å². The number of hydrogen-bond acceptors (Lipinski definition) is 5. The number of aromatic nitrogens is 3. The number of anilines is 1. The van der Waals surface area contributed by atoms with Gasteiger partial charge in [0.05, 0.1) is 5.01 Å². The van der Waals surface area contributed by atoms with Gasteiger partial charge in [-0.1, -0.05) is 0 Å². The molecule has 0 spiro atoms. The van der Waals surface area contributed by atoms with E-state index in [0.29, 0.717) is 0 Å². The molecule has 1 N–H and O–H groups in total. The predicted molar refractivity (Wildman–Crippen MR) is 82.5 cm³/mol. The fraction of sp³-hybridized carbons (Fsp3) is 0.533. The van der Waals surface area contributed by atoms with Gasteiger partial charge in [0, 0.05) is 35.3 Å². The van der Waals surface area contributed by atoms with Crippen molar-refractivity contribution in [1.29, 1.82) is 0 Å². The molecule has 0 saturated heterocycles. The van der Waals surface area contributed by atoms with Crippen LogP contribution in [0.2, 0.25) is 0 Å². The van der Waals surface area contributed by atoms with Crippen molar-refractivity contribution in [2.45, 2.75) is 46.0 Å². The van der Waals surface area contributed by atoms with E-state index in [9.17, 15) is 0 Å². The molecular weight excluding hydrogens is 268 g/mol. The topological polar surface area (TPSA) is 50.7 Å². The Morgan fingerprint density at radius 2 is 2.05 bits per heavy atom. The van der Waals surface area contributed by atoms with Crippen LogP contribution < -0.4 is 5.32 Å². The van der Waals surface area contributed by atoms with Crippen molar-refractivity contribution in [3.05, 3.63) is 33.2 Å². The third-order valence-electron chi connectivity index (χ3n) is 3.60. The summed E-state index contributed by atoms with van der Waals surface area (Å²) in [5.41, 5.74) is 2.58. The minimum Gasteiger partial charge on any atom is -0.369 e. The van der Waals surface area contributed by atoms with Crippen LogP contribution in [-0.2, 0) is 19.3 Å². The molecule has 1 aliphatic rings. The molecule has 4 nitrogen and oxygen atoms in total. The Balaban J connectivity index is 1.69. The molecule has 0 radical (unpaired) electrons. The second-order valence-electron chi connectivity index (χ2n) is 5.29. The van der Waals surface area contributed by atoms with Crippen molar-refractivity contribution in [3.8, 4) is 0 Å². The zero-order valence-corrected chi connectivity index (χ0v) is 12.9. The summed E-state index contributed by atoms with van der Waals surface area (Å²) in [7, 11) is 0. The molecule has 0 aromatic carbocycles. The highest BCUT2D eigenvalue weighted by Gasteiger charge is 2.16. The van der Waals surface area contributed by atoms with Crippen LogP contribution >= 0.6 is 11.3 Å². The summed E-state index contributed by atoms with van der Waals surface area (Å²) in [5.74, 6) is 1.92. The van der Waals surface area contributed by atoms with Gasteiger partial charge >= 0.3 is 0 Å². The maximum atomic E-state index is 4.58. The first-order chi connectivity index (χ1) is 9.72. The largest absolute Gasteiger partial charge is 0.369 e. The summed E-state index contributed by atoms with van der Waals surface area (Å²) in [6, 6.07) is 0. The molecule has 0 fully saturated rings. The maximum Gasteiger partial charge on any atom is 0.133 e. The fourth-order valence-corrected chi connectivity index (χ4v) is 3.46. The molecule has 0 unspecified atom stereocenters. The molecule has 0 atom stereocenters. The first-order valence-corrected chi connectivity index (χ1v) is 8.05. The lowest BCUT2D eigenvalue weighted by Crippen LogP contribution is -2.15. The first-order valence-electron chi connectivity index (χ1n) is 7.24. The van der Waals surface area contributed by atoms with Crippen LogP contribution in [0.25, 0.3) is 0 Å². The van der Waals surface area contributed by atoms with E-state index < -0.39 is 0 Å². The highest BCUT2D eigenvalue weighted by molar-refractivity contribution is 7.11. The zero-order chi connectivity index (χ0) is 13.9. The Labute approximate surface area is 123 Å². The molecule has 20 heavy (non-hydrogen) atoms. The highest BCUT2D eigenvalue weighted by atomic mass is 32.1. The van der Waals surface area contributed by atoms with E-state index in [4.69, 9.17) is 0 Å². The lowest BCUT2D eigenvalue weighted by Gasteiger charge is -2.19. The van der Waals surface area contributed by atoms with E-state index >= 15 is 0 Å². The number of nitrogens with one attached hydrogen (secondary N) is 1. The Bertz CT molecular complexity index is 606. The molecule has 0 bridgehead atoms. The minimum atomic E-state index is 0.873. The van der Waals surface area contributed by atoms with Crippen molar-refractivity contribution in [2.75, 3.05) is 11.9 Å². The lowest BCUT2D eigenvalue weighted by molar-refractivity contribution is 0.659. The van der Waals surface area contributed by atoms with Gasteiger partial charge in [-0.3, -0.25) is 0 Å².